The van der Waals surface area contributed by atoms with Gasteiger partial charge in [-0.1, -0.05) is 187 Å². The summed E-state index contributed by atoms with van der Waals surface area (Å²) in [6.07, 6.45) is 0. The summed E-state index contributed by atoms with van der Waals surface area (Å²) in [4.78, 5) is 2.46. The zero-order valence-corrected chi connectivity index (χ0v) is 35.3. The molecule has 0 bridgehead atoms. The molecular formula is C58H49NO. The Morgan fingerprint density at radius 2 is 0.933 bits per heavy atom. The number of para-hydroxylation sites is 2. The molecule has 0 radical (unpaired) electrons. The van der Waals surface area contributed by atoms with Crippen molar-refractivity contribution in [1.29, 1.82) is 0 Å². The first-order chi connectivity index (χ1) is 29.0. The van der Waals surface area contributed by atoms with Crippen LogP contribution in [0.2, 0.25) is 0 Å². The van der Waals surface area contributed by atoms with Crippen LogP contribution in [0.25, 0.3) is 76.9 Å². The van der Waals surface area contributed by atoms with E-state index >= 15 is 0 Å². The summed E-state index contributed by atoms with van der Waals surface area (Å²) in [6.45, 7) is 13.9. The minimum absolute atomic E-state index is 0.00132. The molecule has 1 heterocycles. The first-order valence-electron chi connectivity index (χ1n) is 21.1. The van der Waals surface area contributed by atoms with Gasteiger partial charge in [0.05, 0.1) is 11.4 Å². The number of anilines is 3. The van der Waals surface area contributed by atoms with Crippen LogP contribution in [0.4, 0.5) is 17.1 Å². The Morgan fingerprint density at radius 3 is 1.72 bits per heavy atom. The van der Waals surface area contributed by atoms with Gasteiger partial charge in [0, 0.05) is 27.4 Å². The Bertz CT molecular complexity index is 3200. The van der Waals surface area contributed by atoms with Crippen molar-refractivity contribution in [3.63, 3.8) is 0 Å². The largest absolute Gasteiger partial charge is 0.456 e. The molecular weight excluding hydrogens is 727 g/mol. The van der Waals surface area contributed by atoms with Crippen LogP contribution in [0.3, 0.4) is 0 Å². The number of rotatable bonds is 6. The molecule has 2 nitrogen and oxygen atoms in total. The highest BCUT2D eigenvalue weighted by Gasteiger charge is 2.24. The molecule has 0 saturated carbocycles. The van der Waals surface area contributed by atoms with E-state index in [1.54, 1.807) is 0 Å². The molecule has 292 valence electrons. The monoisotopic (exact) mass is 775 g/mol. The molecule has 2 heteroatoms. The van der Waals surface area contributed by atoms with Gasteiger partial charge in [-0.3, -0.25) is 0 Å². The second-order valence-corrected chi connectivity index (χ2v) is 18.2. The molecule has 0 aliphatic rings. The normalized spacial score (nSPS) is 12.2. The highest BCUT2D eigenvalue weighted by Crippen LogP contribution is 2.47. The van der Waals surface area contributed by atoms with Crippen LogP contribution in [0.5, 0.6) is 0 Å². The molecule has 0 N–H and O–H groups in total. The smallest absolute Gasteiger partial charge is 0.136 e. The lowest BCUT2D eigenvalue weighted by molar-refractivity contribution is 0.569. The van der Waals surface area contributed by atoms with E-state index < -0.39 is 0 Å². The molecule has 0 saturated heterocycles. The first-order valence-corrected chi connectivity index (χ1v) is 21.1. The van der Waals surface area contributed by atoms with Crippen LogP contribution in [-0.2, 0) is 10.8 Å². The van der Waals surface area contributed by atoms with Gasteiger partial charge in [0.1, 0.15) is 11.2 Å². The highest BCUT2D eigenvalue weighted by atomic mass is 16.3. The number of hydrogen-bond acceptors (Lipinski definition) is 2. The van der Waals surface area contributed by atoms with Gasteiger partial charge in [-0.2, -0.15) is 0 Å². The van der Waals surface area contributed by atoms with Gasteiger partial charge in [-0.25, -0.2) is 0 Å². The summed E-state index contributed by atoms with van der Waals surface area (Å²) in [6, 6.07) is 68.9. The Labute approximate surface area is 353 Å². The second-order valence-electron chi connectivity index (χ2n) is 18.2. The minimum atomic E-state index is 0.00132. The molecule has 0 amide bonds. The topological polar surface area (TPSA) is 16.4 Å². The number of fused-ring (bicyclic) bond motifs is 5. The maximum Gasteiger partial charge on any atom is 0.136 e. The van der Waals surface area contributed by atoms with E-state index in [0.29, 0.717) is 0 Å². The molecule has 10 aromatic rings. The van der Waals surface area contributed by atoms with Crippen LogP contribution in [0.1, 0.15) is 52.7 Å². The highest BCUT2D eigenvalue weighted by molar-refractivity contribution is 6.10. The number of hydrogen-bond donors (Lipinski definition) is 0. The predicted molar refractivity (Wildman–Crippen MR) is 257 cm³/mol. The zero-order chi connectivity index (χ0) is 41.2. The third-order valence-corrected chi connectivity index (χ3v) is 12.1. The predicted octanol–water partition coefficient (Wildman–Crippen LogP) is 17.0. The van der Waals surface area contributed by atoms with Gasteiger partial charge in [-0.05, 0) is 108 Å². The van der Waals surface area contributed by atoms with Crippen LogP contribution < -0.4 is 4.90 Å². The number of furan rings is 1. The molecule has 0 atom stereocenters. The quantitative estimate of drug-likeness (QED) is 0.167. The molecule has 0 aliphatic heterocycles. The molecule has 0 unspecified atom stereocenters. The van der Waals surface area contributed by atoms with Crippen molar-refractivity contribution < 1.29 is 4.42 Å². The average molecular weight is 776 g/mol. The molecule has 9 aromatic carbocycles. The lowest BCUT2D eigenvalue weighted by Gasteiger charge is -2.30. The summed E-state index contributed by atoms with van der Waals surface area (Å²) in [5, 5.41) is 7.13. The summed E-state index contributed by atoms with van der Waals surface area (Å²) in [5.41, 5.74) is 14.9. The Kier molecular flexibility index (Phi) is 8.99. The SMILES string of the molecule is CC(C)(C)c1cc(-c2cccc3cccc(-c4ccccc4N(c4cccc(-c5ccc6c(c5)oc5ccccc56)c4)c4cccc5ccccc45)c23)cc(C(C)(C)C)c1. The van der Waals surface area contributed by atoms with Crippen molar-refractivity contribution in [2.75, 3.05) is 4.90 Å². The average Bonchev–Trinajstić information content (AvgIpc) is 3.64. The lowest BCUT2D eigenvalue weighted by Crippen LogP contribution is -2.16. The van der Waals surface area contributed by atoms with Gasteiger partial charge in [0.2, 0.25) is 0 Å². The Morgan fingerprint density at radius 1 is 0.367 bits per heavy atom. The third-order valence-electron chi connectivity index (χ3n) is 12.1. The standard InChI is InChI=1S/C58H49NO/c1-57(2,3)43-33-42(34-44(37-43)58(4,5)6)47-26-14-19-39-20-15-27-51(56(39)47)48-24-9-11-28-53(48)59(52-29-16-18-38-17-7-8-23-46(38)52)45-22-13-21-40(35-45)41-31-32-50-49-25-10-12-30-54(49)60-55(50)36-41/h7-37H,1-6H3. The molecule has 10 rings (SSSR count). The van der Waals surface area contributed by atoms with E-state index in [-0.39, 0.29) is 10.8 Å². The third kappa shape index (κ3) is 6.63. The van der Waals surface area contributed by atoms with Crippen molar-refractivity contribution in [2.24, 2.45) is 0 Å². The summed E-state index contributed by atoms with van der Waals surface area (Å²) < 4.78 is 6.36. The summed E-state index contributed by atoms with van der Waals surface area (Å²) >= 11 is 0. The molecule has 60 heavy (non-hydrogen) atoms. The second kappa shape index (κ2) is 14.4. The van der Waals surface area contributed by atoms with E-state index in [0.717, 1.165) is 50.1 Å². The van der Waals surface area contributed by atoms with Crippen LogP contribution >= 0.6 is 0 Å². The summed E-state index contributed by atoms with van der Waals surface area (Å²) in [5.74, 6) is 0. The van der Waals surface area contributed by atoms with Gasteiger partial charge in [0.15, 0.2) is 0 Å². The van der Waals surface area contributed by atoms with Crippen LogP contribution in [0.15, 0.2) is 192 Å². The van der Waals surface area contributed by atoms with E-state index in [2.05, 4.69) is 222 Å². The molecule has 0 fully saturated rings. The van der Waals surface area contributed by atoms with E-state index in [4.69, 9.17) is 4.42 Å². The van der Waals surface area contributed by atoms with Crippen molar-refractivity contribution >= 4 is 60.5 Å². The van der Waals surface area contributed by atoms with Crippen LogP contribution in [-0.4, -0.2) is 0 Å². The van der Waals surface area contributed by atoms with Crippen molar-refractivity contribution in [3.8, 4) is 33.4 Å². The summed E-state index contributed by atoms with van der Waals surface area (Å²) in [7, 11) is 0. The van der Waals surface area contributed by atoms with Gasteiger partial charge >= 0.3 is 0 Å². The fourth-order valence-corrected chi connectivity index (χ4v) is 8.89. The van der Waals surface area contributed by atoms with E-state index in [9.17, 15) is 0 Å². The van der Waals surface area contributed by atoms with E-state index in [1.165, 1.54) is 54.9 Å². The lowest BCUT2D eigenvalue weighted by atomic mass is 9.78. The van der Waals surface area contributed by atoms with Gasteiger partial charge in [0.25, 0.3) is 0 Å². The molecule has 1 aromatic heterocycles. The van der Waals surface area contributed by atoms with Gasteiger partial charge < -0.3 is 9.32 Å². The van der Waals surface area contributed by atoms with Crippen molar-refractivity contribution in [1.82, 2.24) is 0 Å². The Balaban J connectivity index is 1.20. The number of nitrogens with zero attached hydrogens (tertiary/aromatic N) is 1. The Hall–Kier alpha value is -6.90. The first kappa shape index (κ1) is 37.4. The fourth-order valence-electron chi connectivity index (χ4n) is 8.89. The van der Waals surface area contributed by atoms with Crippen molar-refractivity contribution in [3.05, 3.63) is 199 Å². The maximum absolute atomic E-state index is 6.36. The zero-order valence-electron chi connectivity index (χ0n) is 35.3. The minimum Gasteiger partial charge on any atom is -0.456 e. The van der Waals surface area contributed by atoms with Gasteiger partial charge in [-0.15, -0.1) is 0 Å². The van der Waals surface area contributed by atoms with Crippen LogP contribution in [0, 0.1) is 0 Å². The van der Waals surface area contributed by atoms with Crippen molar-refractivity contribution in [2.45, 2.75) is 52.4 Å². The number of benzene rings is 9. The molecule has 0 aliphatic carbocycles. The fraction of sp³-hybridized carbons (Fsp3) is 0.138. The van der Waals surface area contributed by atoms with E-state index in [1.807, 2.05) is 12.1 Å². The maximum atomic E-state index is 6.36. The molecule has 0 spiro atoms.